The molecule has 4 rings (SSSR count). The largest absolute Gasteiger partial charge is 0.491 e. The summed E-state index contributed by atoms with van der Waals surface area (Å²) in [5, 5.41) is 4.99. The summed E-state index contributed by atoms with van der Waals surface area (Å²) >= 11 is 3.57. The van der Waals surface area contributed by atoms with Gasteiger partial charge >= 0.3 is 0 Å². The van der Waals surface area contributed by atoms with E-state index < -0.39 is 0 Å². The number of ether oxygens (including phenoxy) is 3. The molecule has 1 saturated heterocycles. The summed E-state index contributed by atoms with van der Waals surface area (Å²) in [4.78, 5) is 12.2. The molecule has 0 aliphatic carbocycles. The Morgan fingerprint density at radius 1 is 1.07 bits per heavy atom. The molecule has 1 aliphatic rings. The average molecular weight is 456 g/mol. The molecule has 0 unspecified atom stereocenters. The first-order valence-corrected chi connectivity index (χ1v) is 10.4. The Labute approximate surface area is 178 Å². The van der Waals surface area contributed by atoms with Gasteiger partial charge in [0.2, 0.25) is 0 Å². The summed E-state index contributed by atoms with van der Waals surface area (Å²) < 4.78 is 17.8. The number of carbonyl (C=O) groups excluding carboxylic acids is 1. The monoisotopic (exact) mass is 455 g/mol. The van der Waals surface area contributed by atoms with Crippen molar-refractivity contribution in [3.05, 3.63) is 65.1 Å². The van der Waals surface area contributed by atoms with Crippen LogP contribution in [0.5, 0.6) is 11.5 Å². The molecule has 1 amide bonds. The second-order valence-corrected chi connectivity index (χ2v) is 7.70. The van der Waals surface area contributed by atoms with Crippen molar-refractivity contribution in [1.29, 1.82) is 0 Å². The first-order chi connectivity index (χ1) is 14.2. The van der Waals surface area contributed by atoms with Crippen molar-refractivity contribution in [2.75, 3.05) is 25.1 Å². The molecule has 0 spiro atoms. The standard InChI is InChI=1S/C23H22BrNO4/c24-23-20-6-2-1-4-16(20)7-12-21(23)29-15-22(26)25-17-8-10-18(11-9-17)28-14-19-5-3-13-27-19/h1-2,4,6-12,19H,3,5,13-15H2,(H,25,26)/t19-/m1/s1. The Morgan fingerprint density at radius 3 is 2.69 bits per heavy atom. The minimum atomic E-state index is -0.224. The fourth-order valence-electron chi connectivity index (χ4n) is 3.26. The van der Waals surface area contributed by atoms with Gasteiger partial charge in [0.05, 0.1) is 10.6 Å². The Bertz CT molecular complexity index is 984. The highest BCUT2D eigenvalue weighted by molar-refractivity contribution is 9.10. The van der Waals surface area contributed by atoms with Crippen LogP contribution in [-0.2, 0) is 9.53 Å². The summed E-state index contributed by atoms with van der Waals surface area (Å²) in [6.07, 6.45) is 2.32. The second-order valence-electron chi connectivity index (χ2n) is 6.91. The van der Waals surface area contributed by atoms with Crippen LogP contribution in [-0.4, -0.2) is 31.8 Å². The maximum atomic E-state index is 12.2. The highest BCUT2D eigenvalue weighted by atomic mass is 79.9. The third kappa shape index (κ3) is 5.08. The fourth-order valence-corrected chi connectivity index (χ4v) is 3.87. The van der Waals surface area contributed by atoms with Gasteiger partial charge < -0.3 is 19.5 Å². The number of carbonyl (C=O) groups is 1. The smallest absolute Gasteiger partial charge is 0.262 e. The van der Waals surface area contributed by atoms with Crippen LogP contribution in [0.15, 0.2) is 65.1 Å². The van der Waals surface area contributed by atoms with Gasteiger partial charge in [-0.05, 0) is 69.9 Å². The van der Waals surface area contributed by atoms with Gasteiger partial charge in [0, 0.05) is 12.3 Å². The number of halogens is 1. The highest BCUT2D eigenvalue weighted by Crippen LogP contribution is 2.33. The molecule has 1 N–H and O–H groups in total. The maximum Gasteiger partial charge on any atom is 0.262 e. The van der Waals surface area contributed by atoms with Crippen molar-refractivity contribution in [3.63, 3.8) is 0 Å². The number of fused-ring (bicyclic) bond motifs is 1. The van der Waals surface area contributed by atoms with Gasteiger partial charge in [0.25, 0.3) is 5.91 Å². The Balaban J connectivity index is 1.29. The summed E-state index contributed by atoms with van der Waals surface area (Å²) in [5.74, 6) is 1.17. The van der Waals surface area contributed by atoms with Crippen LogP contribution in [0.2, 0.25) is 0 Å². The van der Waals surface area contributed by atoms with Gasteiger partial charge in [-0.25, -0.2) is 0 Å². The summed E-state index contributed by atoms with van der Waals surface area (Å²) in [6, 6.07) is 19.1. The van der Waals surface area contributed by atoms with Crippen LogP contribution in [0, 0.1) is 0 Å². The normalized spacial score (nSPS) is 16.0. The fraction of sp³-hybridized carbons (Fsp3) is 0.261. The molecule has 0 saturated carbocycles. The van der Waals surface area contributed by atoms with Crippen LogP contribution in [0.4, 0.5) is 5.69 Å². The zero-order chi connectivity index (χ0) is 20.1. The molecular formula is C23H22BrNO4. The third-order valence-electron chi connectivity index (χ3n) is 4.78. The minimum Gasteiger partial charge on any atom is -0.491 e. The van der Waals surface area contributed by atoms with E-state index in [9.17, 15) is 4.79 Å². The predicted molar refractivity (Wildman–Crippen MR) is 117 cm³/mol. The van der Waals surface area contributed by atoms with Gasteiger partial charge in [-0.3, -0.25) is 4.79 Å². The number of anilines is 1. The number of benzene rings is 3. The second kappa shape index (κ2) is 9.29. The van der Waals surface area contributed by atoms with Crippen LogP contribution < -0.4 is 14.8 Å². The van der Waals surface area contributed by atoms with Crippen LogP contribution in [0.1, 0.15) is 12.8 Å². The molecule has 150 valence electrons. The van der Waals surface area contributed by atoms with E-state index in [4.69, 9.17) is 14.2 Å². The molecule has 1 aliphatic heterocycles. The molecule has 1 fully saturated rings. The Kier molecular flexibility index (Phi) is 6.32. The minimum absolute atomic E-state index is 0.0752. The first-order valence-electron chi connectivity index (χ1n) is 9.63. The van der Waals surface area contributed by atoms with Gasteiger partial charge in [-0.2, -0.15) is 0 Å². The van der Waals surface area contributed by atoms with Crippen molar-refractivity contribution >= 4 is 38.3 Å². The topological polar surface area (TPSA) is 56.8 Å². The van der Waals surface area contributed by atoms with Gasteiger partial charge in [-0.1, -0.05) is 30.3 Å². The lowest BCUT2D eigenvalue weighted by Crippen LogP contribution is -2.20. The first kappa shape index (κ1) is 19.7. The van der Waals surface area contributed by atoms with Crippen molar-refractivity contribution in [3.8, 4) is 11.5 Å². The van der Waals surface area contributed by atoms with E-state index in [0.717, 1.165) is 40.4 Å². The molecule has 0 radical (unpaired) electrons. The van der Waals surface area contributed by atoms with Crippen LogP contribution in [0.3, 0.4) is 0 Å². The van der Waals surface area contributed by atoms with Crippen LogP contribution >= 0.6 is 15.9 Å². The molecule has 1 heterocycles. The third-order valence-corrected chi connectivity index (χ3v) is 5.60. The molecule has 0 aromatic heterocycles. The van der Waals surface area contributed by atoms with Crippen molar-refractivity contribution in [1.82, 2.24) is 0 Å². The summed E-state index contributed by atoms with van der Waals surface area (Å²) in [6.45, 7) is 1.30. The quantitative estimate of drug-likeness (QED) is 0.533. The zero-order valence-electron chi connectivity index (χ0n) is 15.9. The average Bonchev–Trinajstić information content (AvgIpc) is 3.27. The van der Waals surface area contributed by atoms with E-state index in [1.165, 1.54) is 0 Å². The Hall–Kier alpha value is -2.57. The molecule has 0 bridgehead atoms. The summed E-state index contributed by atoms with van der Waals surface area (Å²) in [7, 11) is 0. The van der Waals surface area contributed by atoms with E-state index in [1.54, 1.807) is 0 Å². The van der Waals surface area contributed by atoms with E-state index in [2.05, 4.69) is 21.2 Å². The van der Waals surface area contributed by atoms with Gasteiger partial charge in [-0.15, -0.1) is 0 Å². The molecule has 6 heteroatoms. The predicted octanol–water partition coefficient (Wildman–Crippen LogP) is 5.18. The van der Waals surface area contributed by atoms with E-state index in [1.807, 2.05) is 60.7 Å². The maximum absolute atomic E-state index is 12.2. The lowest BCUT2D eigenvalue weighted by molar-refractivity contribution is -0.118. The van der Waals surface area contributed by atoms with Crippen LogP contribution in [0.25, 0.3) is 10.8 Å². The molecule has 1 atom stereocenters. The van der Waals surface area contributed by atoms with Gasteiger partial charge in [0.1, 0.15) is 18.1 Å². The lowest BCUT2D eigenvalue weighted by Gasteiger charge is -2.12. The number of nitrogens with one attached hydrogen (secondary N) is 1. The van der Waals surface area contributed by atoms with Crippen molar-refractivity contribution < 1.29 is 19.0 Å². The number of hydrogen-bond acceptors (Lipinski definition) is 4. The van der Waals surface area contributed by atoms with E-state index in [0.29, 0.717) is 18.0 Å². The van der Waals surface area contributed by atoms with E-state index >= 15 is 0 Å². The molecule has 3 aromatic rings. The number of rotatable bonds is 7. The Morgan fingerprint density at radius 2 is 1.90 bits per heavy atom. The molecule has 5 nitrogen and oxygen atoms in total. The van der Waals surface area contributed by atoms with Gasteiger partial charge in [0.15, 0.2) is 6.61 Å². The number of amides is 1. The lowest BCUT2D eigenvalue weighted by atomic mass is 10.1. The molecule has 29 heavy (non-hydrogen) atoms. The zero-order valence-corrected chi connectivity index (χ0v) is 17.5. The van der Waals surface area contributed by atoms with E-state index in [-0.39, 0.29) is 18.6 Å². The van der Waals surface area contributed by atoms with Crippen molar-refractivity contribution in [2.45, 2.75) is 18.9 Å². The van der Waals surface area contributed by atoms with Crippen molar-refractivity contribution in [2.24, 2.45) is 0 Å². The molecule has 3 aromatic carbocycles. The highest BCUT2D eigenvalue weighted by Gasteiger charge is 2.16. The molecular weight excluding hydrogens is 434 g/mol. The SMILES string of the molecule is O=C(COc1ccc2ccccc2c1Br)Nc1ccc(OC[C@H]2CCCO2)cc1. The summed E-state index contributed by atoms with van der Waals surface area (Å²) in [5.41, 5.74) is 0.695. The number of hydrogen-bond donors (Lipinski definition) is 1.